The SMILES string of the molecule is CCn1c(=O)c(-c2ccc(-c3ccccn3)cc2Cl)cc2cnc(N[C@@H]3CCOC3)nc21.CCn1c(=O)c(-c2ccc(-c3ncccc3C)cc2Cl)cc2cnc(N[C@@H]3CCOC3)nc21.CCn1c(=O)c(-c2ccc(-c3ncccc3C)cc2Cl)cc2cnc(N[C@@H]3CCOC3)nc21.COCCn1c(=O)c(-c2ccc(-c3ccccn3)cc2Cl)cc2cnc(NC3CCOC3)nc21. The monoisotopic (exact) mass is 1850 g/mol. The van der Waals surface area contributed by atoms with E-state index in [1.807, 2.05) is 186 Å². The number of anilines is 4. The van der Waals surface area contributed by atoms with Gasteiger partial charge in [0.25, 0.3) is 22.2 Å². The summed E-state index contributed by atoms with van der Waals surface area (Å²) in [6.07, 6.45) is 17.6. The standard InChI is InChI=1S/C25H24ClN5O3.2C25H24ClN5O2.C24H22ClN5O2/c1-33-11-9-31-23-17(14-28-25(30-23)29-18-7-10-34-15-18)12-20(24(31)32)19-6-5-16(13-21(19)26)22-4-2-3-8-27-22;2*1-3-31-23-17(13-28-25(30-23)29-18-8-10-33-14-18)11-20(24(31)32)19-7-6-16(12-21(19)26)22-15(2)5-4-9-27-22;1-2-30-22-16(13-27-24(29-22)28-17-8-10-32-14-17)11-19(23(30)31)18-7-6-15(12-20(18)25)21-5-3-4-9-26-21/h2-6,8,12-14,18H,7,9-11,15H2,1H3,(H,28,29,30);2*4-7,9,11-13,18H,3,8,10,14H2,1-2H3,(H,28,29,30);3-7,9,11-13,17H,2,8,10,14H2,1H3,(H,27,28,29)/t;2*18-;17-/m.111/s1. The fourth-order valence-corrected chi connectivity index (χ4v) is 17.6. The van der Waals surface area contributed by atoms with Crippen LogP contribution in [0, 0.1) is 13.8 Å². The van der Waals surface area contributed by atoms with Gasteiger partial charge in [0.05, 0.1) is 86.5 Å². The number of nitrogens with zero attached hydrogens (tertiary/aromatic N) is 16. The lowest BCUT2D eigenvalue weighted by molar-refractivity contribution is 0.187. The number of nitrogens with one attached hydrogen (secondary N) is 4. The van der Waals surface area contributed by atoms with E-state index in [4.69, 9.17) is 70.1 Å². The molecule has 4 fully saturated rings. The molecule has 0 spiro atoms. The van der Waals surface area contributed by atoms with Crippen molar-refractivity contribution >= 4 is 114 Å². The second kappa shape index (κ2) is 41.5. The molecule has 4 aromatic carbocycles. The lowest BCUT2D eigenvalue weighted by Gasteiger charge is -2.15. The lowest BCUT2D eigenvalue weighted by Crippen LogP contribution is -2.26. The van der Waals surface area contributed by atoms with Crippen molar-refractivity contribution in [3.05, 3.63) is 280 Å². The van der Waals surface area contributed by atoms with Crippen LogP contribution in [-0.4, -0.2) is 169 Å². The molecule has 16 aromatic rings. The molecule has 4 atom stereocenters. The van der Waals surface area contributed by atoms with Crippen LogP contribution >= 0.6 is 46.4 Å². The van der Waals surface area contributed by atoms with Gasteiger partial charge in [-0.1, -0.05) is 119 Å². The van der Waals surface area contributed by atoms with E-state index in [0.717, 1.165) is 123 Å². The van der Waals surface area contributed by atoms with Crippen LogP contribution in [0.5, 0.6) is 0 Å². The molecule has 1 unspecified atom stereocenters. The molecule has 0 radical (unpaired) electrons. The third kappa shape index (κ3) is 20.1. The van der Waals surface area contributed by atoms with Crippen LogP contribution in [0.15, 0.2) is 226 Å². The molecule has 4 aliphatic rings. The number of benzene rings is 4. The number of pyridine rings is 8. The van der Waals surface area contributed by atoms with Crippen molar-refractivity contribution in [3.63, 3.8) is 0 Å². The number of aromatic nitrogens is 16. The zero-order valence-corrected chi connectivity index (χ0v) is 76.3. The Balaban J connectivity index is 0.000000123. The van der Waals surface area contributed by atoms with Gasteiger partial charge in [0.1, 0.15) is 22.6 Å². The summed E-state index contributed by atoms with van der Waals surface area (Å²) >= 11 is 26.6. The van der Waals surface area contributed by atoms with Crippen molar-refractivity contribution in [1.82, 2.24) is 78.1 Å². The zero-order valence-electron chi connectivity index (χ0n) is 73.3. The van der Waals surface area contributed by atoms with Crippen molar-refractivity contribution in [1.29, 1.82) is 0 Å². The average Bonchev–Trinajstić information content (AvgIpc) is 1.26. The highest BCUT2D eigenvalue weighted by Gasteiger charge is 2.27. The fourth-order valence-electron chi connectivity index (χ4n) is 16.5. The number of methoxy groups -OCH3 is 1. The van der Waals surface area contributed by atoms with Crippen molar-refractivity contribution in [3.8, 4) is 89.5 Å². The molecule has 20 rings (SSSR count). The Bertz CT molecular complexity index is 6980. The molecule has 16 heterocycles. The van der Waals surface area contributed by atoms with Gasteiger partial charge in [0, 0.05) is 211 Å². The van der Waals surface area contributed by atoms with Crippen LogP contribution in [0.25, 0.3) is 134 Å². The first-order valence-corrected chi connectivity index (χ1v) is 45.2. The van der Waals surface area contributed by atoms with Crippen molar-refractivity contribution in [2.45, 2.75) is 111 Å². The Labute approximate surface area is 779 Å². The highest BCUT2D eigenvalue weighted by atomic mass is 35.5. The van der Waals surface area contributed by atoms with E-state index in [2.05, 4.69) is 81.1 Å². The Kier molecular flexibility index (Phi) is 28.5. The van der Waals surface area contributed by atoms with E-state index in [-0.39, 0.29) is 46.4 Å². The molecule has 29 nitrogen and oxygen atoms in total. The second-order valence-corrected chi connectivity index (χ2v) is 33.7. The zero-order chi connectivity index (χ0) is 91.5. The number of hydrogen-bond acceptors (Lipinski definition) is 25. The number of hydrogen-bond donors (Lipinski definition) is 4. The summed E-state index contributed by atoms with van der Waals surface area (Å²) in [7, 11) is 1.60. The molecule has 0 bridgehead atoms. The van der Waals surface area contributed by atoms with E-state index >= 15 is 0 Å². The highest BCUT2D eigenvalue weighted by molar-refractivity contribution is 6.35. The number of rotatable bonds is 22. The number of ether oxygens (including phenoxy) is 5. The van der Waals surface area contributed by atoms with Gasteiger partial charge in [-0.05, 0) is 156 Å². The molecule has 4 saturated heterocycles. The lowest BCUT2D eigenvalue weighted by atomic mass is 10.0. The van der Waals surface area contributed by atoms with E-state index in [1.54, 1.807) is 81.0 Å². The maximum atomic E-state index is 13.6. The van der Waals surface area contributed by atoms with Gasteiger partial charge in [-0.25, -0.2) is 19.9 Å². The molecule has 0 amide bonds. The van der Waals surface area contributed by atoms with Gasteiger partial charge < -0.3 is 45.0 Å². The minimum atomic E-state index is -0.189. The Morgan fingerprint density at radius 1 is 0.348 bits per heavy atom. The molecule has 0 aliphatic carbocycles. The third-order valence-corrected chi connectivity index (χ3v) is 24.6. The van der Waals surface area contributed by atoms with Crippen LogP contribution in [0.1, 0.15) is 57.6 Å². The molecule has 0 saturated carbocycles. The number of halogens is 4. The summed E-state index contributed by atoms with van der Waals surface area (Å²) < 4.78 is 33.5. The molecule has 672 valence electrons. The van der Waals surface area contributed by atoms with Crippen LogP contribution in [0.3, 0.4) is 0 Å². The van der Waals surface area contributed by atoms with E-state index in [9.17, 15) is 19.2 Å². The van der Waals surface area contributed by atoms with E-state index < -0.39 is 0 Å². The van der Waals surface area contributed by atoms with Crippen LogP contribution in [0.4, 0.5) is 23.8 Å². The third-order valence-electron chi connectivity index (χ3n) is 23.4. The first kappa shape index (κ1) is 90.7. The summed E-state index contributed by atoms with van der Waals surface area (Å²) in [6.45, 7) is 17.4. The van der Waals surface area contributed by atoms with Crippen molar-refractivity contribution < 1.29 is 23.7 Å². The van der Waals surface area contributed by atoms with Crippen LogP contribution < -0.4 is 43.5 Å². The fraction of sp³-hybridized carbons (Fsp3) is 0.273. The minimum Gasteiger partial charge on any atom is -0.383 e. The molecule has 4 N–H and O–H groups in total. The molecule has 132 heavy (non-hydrogen) atoms. The highest BCUT2D eigenvalue weighted by Crippen LogP contribution is 2.38. The molecule has 12 aromatic heterocycles. The maximum Gasteiger partial charge on any atom is 0.260 e. The first-order valence-electron chi connectivity index (χ1n) is 43.7. The number of fused-ring (bicyclic) bond motifs is 4. The molecular weight excluding hydrogens is 1760 g/mol. The quantitative estimate of drug-likeness (QED) is 0.0490. The summed E-state index contributed by atoms with van der Waals surface area (Å²) in [5, 5.41) is 18.2. The van der Waals surface area contributed by atoms with Gasteiger partial charge in [-0.2, -0.15) is 19.9 Å². The number of aryl methyl sites for hydroxylation is 5. The van der Waals surface area contributed by atoms with Crippen LogP contribution in [0.2, 0.25) is 20.1 Å². The Morgan fingerprint density at radius 3 is 0.917 bits per heavy atom. The van der Waals surface area contributed by atoms with Gasteiger partial charge in [0.2, 0.25) is 23.8 Å². The maximum absolute atomic E-state index is 13.6. The summed E-state index contributed by atoms with van der Waals surface area (Å²) in [6, 6.07) is 49.8. The van der Waals surface area contributed by atoms with Gasteiger partial charge in [0.15, 0.2) is 0 Å². The van der Waals surface area contributed by atoms with Crippen molar-refractivity contribution in [2.24, 2.45) is 0 Å². The summed E-state index contributed by atoms with van der Waals surface area (Å²) in [4.78, 5) is 108. The van der Waals surface area contributed by atoms with E-state index in [0.29, 0.717) is 177 Å². The predicted octanol–water partition coefficient (Wildman–Crippen LogP) is 17.8. The predicted molar refractivity (Wildman–Crippen MR) is 520 cm³/mol. The summed E-state index contributed by atoms with van der Waals surface area (Å²) in [5.41, 5.74) is 15.5. The topological polar surface area (TPSA) is 337 Å². The van der Waals surface area contributed by atoms with Gasteiger partial charge in [-0.15, -0.1) is 0 Å². The Morgan fingerprint density at radius 2 is 0.644 bits per heavy atom. The van der Waals surface area contributed by atoms with E-state index in [1.165, 1.54) is 0 Å². The molecular formula is C99H94Cl4N20O9. The minimum absolute atomic E-state index is 0.137. The van der Waals surface area contributed by atoms with Crippen LogP contribution in [-0.2, 0) is 49.9 Å². The van der Waals surface area contributed by atoms with Crippen molar-refractivity contribution in [2.75, 3.05) is 87.8 Å². The normalized spacial score (nSPS) is 15.8. The van der Waals surface area contributed by atoms with Gasteiger partial charge in [-0.3, -0.25) is 57.4 Å². The summed E-state index contributed by atoms with van der Waals surface area (Å²) in [5.74, 6) is 1.97. The first-order chi connectivity index (χ1) is 64.4. The Hall–Kier alpha value is -13.2. The molecule has 4 aliphatic heterocycles. The second-order valence-electron chi connectivity index (χ2n) is 32.1. The molecule has 33 heteroatoms. The van der Waals surface area contributed by atoms with Gasteiger partial charge >= 0.3 is 0 Å². The largest absolute Gasteiger partial charge is 0.383 e. The smallest absolute Gasteiger partial charge is 0.260 e. The average molecular weight is 1850 g/mol.